The Labute approximate surface area is 194 Å². The van der Waals surface area contributed by atoms with E-state index in [9.17, 15) is 18.8 Å². The molecule has 174 valence electrons. The van der Waals surface area contributed by atoms with Gasteiger partial charge >= 0.3 is 0 Å². The standard InChI is InChI=1S/C24H28N4O4S/c1-16(24(13-25)33(31,32)26-14-21(30)15-29)22-9-10-23(28(22)4)19-6-5-18-12-20(27(2)3)8-7-17(18)11-19/h5-12,21,26,29-30H,14-15H2,1-4H3. The van der Waals surface area contributed by atoms with Crippen LogP contribution < -0.4 is 9.62 Å². The first-order valence-electron chi connectivity index (χ1n) is 10.4. The summed E-state index contributed by atoms with van der Waals surface area (Å²) in [6, 6.07) is 17.8. The molecule has 0 spiro atoms. The van der Waals surface area contributed by atoms with E-state index in [1.54, 1.807) is 19.1 Å². The van der Waals surface area contributed by atoms with Crippen molar-refractivity contribution in [2.24, 2.45) is 7.05 Å². The number of aromatic nitrogens is 1. The van der Waals surface area contributed by atoms with Gasteiger partial charge in [-0.15, -0.1) is 0 Å². The molecule has 3 aromatic rings. The molecule has 9 heteroatoms. The van der Waals surface area contributed by atoms with Crippen molar-refractivity contribution in [2.45, 2.75) is 13.0 Å². The van der Waals surface area contributed by atoms with Gasteiger partial charge in [-0.3, -0.25) is 0 Å². The Hall–Kier alpha value is -3.16. The van der Waals surface area contributed by atoms with Crippen LogP contribution in [0.5, 0.6) is 0 Å². The van der Waals surface area contributed by atoms with Crippen LogP contribution in [0.25, 0.3) is 27.6 Å². The highest BCUT2D eigenvalue weighted by molar-refractivity contribution is 7.93. The van der Waals surface area contributed by atoms with Gasteiger partial charge in [-0.1, -0.05) is 18.2 Å². The molecule has 0 saturated heterocycles. The number of nitriles is 1. The number of nitrogens with one attached hydrogen (secondary N) is 1. The van der Waals surface area contributed by atoms with E-state index in [4.69, 9.17) is 5.11 Å². The average Bonchev–Trinajstić information content (AvgIpc) is 3.18. The van der Waals surface area contributed by atoms with Gasteiger partial charge in [0.15, 0.2) is 4.91 Å². The van der Waals surface area contributed by atoms with Crippen LogP contribution in [0.15, 0.2) is 53.4 Å². The number of sulfonamides is 1. The molecule has 1 unspecified atom stereocenters. The van der Waals surface area contributed by atoms with Crippen molar-refractivity contribution < 1.29 is 18.6 Å². The molecule has 0 saturated carbocycles. The second-order valence-electron chi connectivity index (χ2n) is 8.06. The fourth-order valence-corrected chi connectivity index (χ4v) is 4.84. The Morgan fingerprint density at radius 3 is 2.45 bits per heavy atom. The molecule has 0 aliphatic carbocycles. The van der Waals surface area contributed by atoms with Crippen LogP contribution in [0.4, 0.5) is 5.69 Å². The van der Waals surface area contributed by atoms with Crippen molar-refractivity contribution in [1.29, 1.82) is 5.26 Å². The van der Waals surface area contributed by atoms with E-state index in [1.165, 1.54) is 0 Å². The fourth-order valence-electron chi connectivity index (χ4n) is 3.65. The zero-order chi connectivity index (χ0) is 24.3. The maximum atomic E-state index is 12.6. The quantitative estimate of drug-likeness (QED) is 0.437. The molecule has 0 aliphatic rings. The van der Waals surface area contributed by atoms with Gasteiger partial charge in [-0.25, -0.2) is 13.1 Å². The summed E-state index contributed by atoms with van der Waals surface area (Å²) in [5.74, 6) is 0. The lowest BCUT2D eigenvalue weighted by Gasteiger charge is -2.14. The van der Waals surface area contributed by atoms with Crippen LogP contribution in [0.2, 0.25) is 0 Å². The number of nitrogens with zero attached hydrogens (tertiary/aromatic N) is 3. The summed E-state index contributed by atoms with van der Waals surface area (Å²) in [4.78, 5) is 1.61. The average molecular weight is 469 g/mol. The Balaban J connectivity index is 2.00. The van der Waals surface area contributed by atoms with Gasteiger partial charge in [-0.2, -0.15) is 5.26 Å². The third-order valence-corrected chi connectivity index (χ3v) is 7.05. The summed E-state index contributed by atoms with van der Waals surface area (Å²) in [5, 5.41) is 30.1. The van der Waals surface area contributed by atoms with Crippen LogP contribution in [-0.2, 0) is 17.1 Å². The molecule has 3 N–H and O–H groups in total. The number of hydrogen-bond donors (Lipinski definition) is 3. The number of aliphatic hydroxyl groups is 2. The second-order valence-corrected chi connectivity index (χ2v) is 9.76. The van der Waals surface area contributed by atoms with Crippen molar-refractivity contribution in [3.63, 3.8) is 0 Å². The summed E-state index contributed by atoms with van der Waals surface area (Å²) in [7, 11) is 1.65. The molecule has 8 nitrogen and oxygen atoms in total. The van der Waals surface area contributed by atoms with Crippen LogP contribution >= 0.6 is 0 Å². The van der Waals surface area contributed by atoms with Crippen molar-refractivity contribution in [1.82, 2.24) is 9.29 Å². The zero-order valence-electron chi connectivity index (χ0n) is 19.1. The van der Waals surface area contributed by atoms with Crippen molar-refractivity contribution in [3.05, 3.63) is 59.1 Å². The van der Waals surface area contributed by atoms with Gasteiger partial charge in [-0.05, 0) is 53.6 Å². The van der Waals surface area contributed by atoms with Crippen molar-refractivity contribution in [3.8, 4) is 17.3 Å². The highest BCUT2D eigenvalue weighted by atomic mass is 32.2. The third kappa shape index (κ3) is 5.10. The predicted octanol–water partition coefficient (Wildman–Crippen LogP) is 2.44. The maximum absolute atomic E-state index is 12.6. The summed E-state index contributed by atoms with van der Waals surface area (Å²) < 4.78 is 29.2. The molecule has 0 amide bonds. The molecule has 3 rings (SSSR count). The number of anilines is 1. The van der Waals surface area contributed by atoms with Gasteiger partial charge in [0.1, 0.15) is 6.07 Å². The highest BCUT2D eigenvalue weighted by Gasteiger charge is 2.23. The summed E-state index contributed by atoms with van der Waals surface area (Å²) >= 11 is 0. The Kier molecular flexibility index (Phi) is 7.25. The molecule has 0 radical (unpaired) electrons. The van der Waals surface area contributed by atoms with E-state index in [-0.39, 0.29) is 12.1 Å². The molecular formula is C24H28N4O4S. The fraction of sp³-hybridized carbons (Fsp3) is 0.292. The second kappa shape index (κ2) is 9.77. The molecule has 33 heavy (non-hydrogen) atoms. The molecule has 2 aromatic carbocycles. The summed E-state index contributed by atoms with van der Waals surface area (Å²) in [6.07, 6.45) is -1.25. The van der Waals surface area contributed by atoms with E-state index >= 15 is 0 Å². The minimum absolute atomic E-state index is 0.286. The third-order valence-electron chi connectivity index (χ3n) is 5.57. The number of fused-ring (bicyclic) bond motifs is 1. The first-order chi connectivity index (χ1) is 15.6. The van der Waals surface area contributed by atoms with Crippen molar-refractivity contribution >= 4 is 32.1 Å². The maximum Gasteiger partial charge on any atom is 0.251 e. The number of allylic oxidation sites excluding steroid dienone is 2. The van der Waals surface area contributed by atoms with Crippen LogP contribution in [0.3, 0.4) is 0 Å². The van der Waals surface area contributed by atoms with E-state index in [2.05, 4.69) is 35.1 Å². The number of rotatable bonds is 8. The largest absolute Gasteiger partial charge is 0.394 e. The summed E-state index contributed by atoms with van der Waals surface area (Å²) in [6.45, 7) is 0.599. The van der Waals surface area contributed by atoms with E-state index < -0.39 is 27.6 Å². The van der Waals surface area contributed by atoms with E-state index in [1.807, 2.05) is 42.7 Å². The molecule has 1 heterocycles. The Bertz CT molecular complexity index is 1350. The van der Waals surface area contributed by atoms with Crippen LogP contribution in [0.1, 0.15) is 12.6 Å². The van der Waals surface area contributed by atoms with Gasteiger partial charge < -0.3 is 19.7 Å². The molecular weight excluding hydrogens is 440 g/mol. The molecule has 0 fully saturated rings. The number of hydrogen-bond acceptors (Lipinski definition) is 6. The first-order valence-corrected chi connectivity index (χ1v) is 11.8. The highest BCUT2D eigenvalue weighted by Crippen LogP contribution is 2.31. The monoisotopic (exact) mass is 468 g/mol. The lowest BCUT2D eigenvalue weighted by atomic mass is 10.0. The molecule has 0 aliphatic heterocycles. The van der Waals surface area contributed by atoms with Gasteiger partial charge in [0.2, 0.25) is 0 Å². The topological polar surface area (TPSA) is 119 Å². The zero-order valence-corrected chi connectivity index (χ0v) is 19.9. The number of benzene rings is 2. The van der Waals surface area contributed by atoms with Gasteiger partial charge in [0.05, 0.1) is 12.7 Å². The smallest absolute Gasteiger partial charge is 0.251 e. The minimum atomic E-state index is -4.16. The Morgan fingerprint density at radius 2 is 1.82 bits per heavy atom. The SMILES string of the molecule is CC(=C(C#N)S(=O)(=O)NCC(O)CO)c1ccc(-c2ccc3cc(N(C)C)ccc3c2)n1C. The predicted molar refractivity (Wildman–Crippen MR) is 131 cm³/mol. The van der Waals surface area contributed by atoms with E-state index in [0.29, 0.717) is 5.69 Å². The summed E-state index contributed by atoms with van der Waals surface area (Å²) in [5.41, 5.74) is 3.82. The normalized spacial score (nSPS) is 13.5. The lowest BCUT2D eigenvalue weighted by Crippen LogP contribution is -2.34. The first kappa shape index (κ1) is 24.5. The van der Waals surface area contributed by atoms with Crippen molar-refractivity contribution in [2.75, 3.05) is 32.1 Å². The van der Waals surface area contributed by atoms with Gasteiger partial charge in [0.25, 0.3) is 10.0 Å². The van der Waals surface area contributed by atoms with Gasteiger partial charge in [0, 0.05) is 50.3 Å². The van der Waals surface area contributed by atoms with Crippen LogP contribution in [0, 0.1) is 11.3 Å². The molecule has 0 bridgehead atoms. The molecule has 1 atom stereocenters. The Morgan fingerprint density at radius 1 is 1.15 bits per heavy atom. The van der Waals surface area contributed by atoms with E-state index in [0.717, 1.165) is 27.7 Å². The minimum Gasteiger partial charge on any atom is -0.394 e. The molecule has 1 aromatic heterocycles. The van der Waals surface area contributed by atoms with Crippen LogP contribution in [-0.4, -0.2) is 56.5 Å². The lowest BCUT2D eigenvalue weighted by molar-refractivity contribution is 0.0989. The number of aliphatic hydroxyl groups excluding tert-OH is 2.